The number of fused-ring (bicyclic) bond motifs is 2. The number of hydrogen-bond acceptors (Lipinski definition) is 6. The fourth-order valence-electron chi connectivity index (χ4n) is 7.46. The molecule has 2 aliphatic carbocycles. The molecule has 2 aliphatic heterocycles. The third-order valence-corrected chi connectivity index (χ3v) is 8.68. The highest BCUT2D eigenvalue weighted by molar-refractivity contribution is 5.84. The minimum atomic E-state index is -0.643. The van der Waals surface area contributed by atoms with Crippen LogP contribution in [0.15, 0.2) is 12.2 Å². The number of allylic oxidation sites excluding steroid dienone is 2. The molecule has 2 bridgehead atoms. The standard InChI is InChI=1S/C27H42N2O6/c1-24(2)12-18(13-25(3,4)28(24)32)34-22(30)20-16-9-10-17(11-16)21(20)23(31)35-19-14-26(5,6)29(33)27(7,8)15-19/h9-10,16-21H,11-15H2,1-8H3/t16-,17+,20-,21-/m1/s1. The van der Waals surface area contributed by atoms with E-state index < -0.39 is 34.0 Å². The molecule has 1 saturated carbocycles. The first-order valence-corrected chi connectivity index (χ1v) is 13.0. The molecule has 8 heteroatoms. The Morgan fingerprint density at radius 1 is 0.629 bits per heavy atom. The van der Waals surface area contributed by atoms with Crippen LogP contribution in [0.5, 0.6) is 0 Å². The monoisotopic (exact) mass is 490 g/mol. The van der Waals surface area contributed by atoms with Crippen molar-refractivity contribution in [1.29, 1.82) is 0 Å². The number of nitrogens with zero attached hydrogens (tertiary/aromatic N) is 2. The summed E-state index contributed by atoms with van der Waals surface area (Å²) < 4.78 is 12.0. The van der Waals surface area contributed by atoms with Crippen LogP contribution in [-0.2, 0) is 29.5 Å². The van der Waals surface area contributed by atoms with Gasteiger partial charge < -0.3 is 9.47 Å². The Labute approximate surface area is 209 Å². The normalized spacial score (nSPS) is 36.3. The van der Waals surface area contributed by atoms with Gasteiger partial charge in [0.1, 0.15) is 12.2 Å². The zero-order valence-corrected chi connectivity index (χ0v) is 22.5. The lowest BCUT2D eigenvalue weighted by molar-refractivity contribution is -0.300. The van der Waals surface area contributed by atoms with Crippen molar-refractivity contribution >= 4 is 11.9 Å². The second-order valence-corrected chi connectivity index (χ2v) is 13.8. The predicted molar refractivity (Wildman–Crippen MR) is 127 cm³/mol. The first kappa shape index (κ1) is 26.6. The van der Waals surface area contributed by atoms with Crippen molar-refractivity contribution in [2.75, 3.05) is 0 Å². The summed E-state index contributed by atoms with van der Waals surface area (Å²) in [6, 6.07) is 0. The molecule has 8 nitrogen and oxygen atoms in total. The number of ether oxygens (including phenoxy) is 2. The van der Waals surface area contributed by atoms with E-state index in [2.05, 4.69) is 0 Å². The Bertz CT molecular complexity index is 788. The van der Waals surface area contributed by atoms with Crippen LogP contribution in [0.1, 0.15) is 87.5 Å². The molecule has 0 aromatic rings. The second kappa shape index (κ2) is 8.54. The van der Waals surface area contributed by atoms with Gasteiger partial charge in [-0.1, -0.05) is 12.2 Å². The number of esters is 2. The molecular formula is C27H42N2O6. The molecule has 2 radical (unpaired) electrons. The number of hydrogen-bond donors (Lipinski definition) is 0. The fraction of sp³-hybridized carbons (Fsp3) is 0.852. The van der Waals surface area contributed by atoms with E-state index in [4.69, 9.17) is 9.47 Å². The summed E-state index contributed by atoms with van der Waals surface area (Å²) in [6.07, 6.45) is 5.86. The van der Waals surface area contributed by atoms with Gasteiger partial charge in [0.15, 0.2) is 0 Å². The Hall–Kier alpha value is -1.48. The summed E-state index contributed by atoms with van der Waals surface area (Å²) in [4.78, 5) is 26.9. The van der Waals surface area contributed by atoms with Crippen molar-refractivity contribution in [3.05, 3.63) is 12.2 Å². The zero-order chi connectivity index (χ0) is 26.1. The lowest BCUT2D eigenvalue weighted by Crippen LogP contribution is -2.60. The maximum Gasteiger partial charge on any atom is 0.310 e. The summed E-state index contributed by atoms with van der Waals surface area (Å²) in [7, 11) is 0. The largest absolute Gasteiger partial charge is 0.462 e. The number of rotatable bonds is 4. The van der Waals surface area contributed by atoms with Gasteiger partial charge in [-0.15, -0.1) is 20.5 Å². The number of piperidine rings is 2. The highest BCUT2D eigenvalue weighted by Crippen LogP contribution is 2.50. The van der Waals surface area contributed by atoms with Gasteiger partial charge in [-0.3, -0.25) is 9.59 Å². The van der Waals surface area contributed by atoms with Crippen LogP contribution in [0.2, 0.25) is 0 Å². The van der Waals surface area contributed by atoms with E-state index in [0.29, 0.717) is 25.7 Å². The van der Waals surface area contributed by atoms with Crippen LogP contribution in [0, 0.1) is 23.7 Å². The van der Waals surface area contributed by atoms with Gasteiger partial charge in [-0.25, -0.2) is 0 Å². The second-order valence-electron chi connectivity index (χ2n) is 13.8. The van der Waals surface area contributed by atoms with Crippen molar-refractivity contribution in [2.24, 2.45) is 23.7 Å². The Morgan fingerprint density at radius 2 is 0.914 bits per heavy atom. The third-order valence-electron chi connectivity index (χ3n) is 8.68. The van der Waals surface area contributed by atoms with Crippen LogP contribution >= 0.6 is 0 Å². The van der Waals surface area contributed by atoms with Crippen LogP contribution in [0.4, 0.5) is 0 Å². The van der Waals surface area contributed by atoms with Gasteiger partial charge in [-0.2, -0.15) is 0 Å². The Balaban J connectivity index is 1.47. The molecular weight excluding hydrogens is 448 g/mol. The molecule has 4 aliphatic rings. The number of carbonyl (C=O) groups excluding carboxylic acids is 2. The summed E-state index contributed by atoms with van der Waals surface area (Å²) in [5, 5.41) is 27.6. The topological polar surface area (TPSA) is 98.9 Å². The Kier molecular flexibility index (Phi) is 6.48. The highest BCUT2D eigenvalue weighted by Gasteiger charge is 2.56. The SMILES string of the molecule is CC1(C)CC(OC(=O)[C@H]2[C@H](C(=O)OC3CC(C)(C)N([O])C(C)(C)C3)[C@H]3C=C[C@@H]2C3)CC(C)(C)N1[O]. The summed E-state index contributed by atoms with van der Waals surface area (Å²) in [6.45, 7) is 15.0. The first-order valence-electron chi connectivity index (χ1n) is 13.0. The first-order chi connectivity index (χ1) is 15.9. The zero-order valence-electron chi connectivity index (χ0n) is 22.5. The highest BCUT2D eigenvalue weighted by atomic mass is 16.6. The average molecular weight is 491 g/mol. The minimum Gasteiger partial charge on any atom is -0.462 e. The molecule has 196 valence electrons. The molecule has 2 saturated heterocycles. The number of carbonyl (C=O) groups is 2. The van der Waals surface area contributed by atoms with Gasteiger partial charge in [0.25, 0.3) is 0 Å². The summed E-state index contributed by atoms with van der Waals surface area (Å²) in [5.41, 5.74) is -2.57. The van der Waals surface area contributed by atoms with Crippen LogP contribution in [0.25, 0.3) is 0 Å². The molecule has 2 heterocycles. The molecule has 0 aromatic carbocycles. The molecule has 0 aromatic heterocycles. The lowest BCUT2D eigenvalue weighted by Gasteiger charge is -2.49. The number of hydroxylamine groups is 4. The Morgan fingerprint density at radius 3 is 1.20 bits per heavy atom. The van der Waals surface area contributed by atoms with E-state index in [9.17, 15) is 20.0 Å². The molecule has 0 amide bonds. The van der Waals surface area contributed by atoms with Crippen molar-refractivity contribution in [3.8, 4) is 0 Å². The molecule has 0 unspecified atom stereocenters. The summed E-state index contributed by atoms with van der Waals surface area (Å²) >= 11 is 0. The fourth-order valence-corrected chi connectivity index (χ4v) is 7.46. The van der Waals surface area contributed by atoms with Crippen LogP contribution in [-0.4, -0.2) is 56.4 Å². The molecule has 0 N–H and O–H groups in total. The van der Waals surface area contributed by atoms with E-state index in [1.54, 1.807) is 0 Å². The molecule has 0 spiro atoms. The van der Waals surface area contributed by atoms with Crippen molar-refractivity contribution in [2.45, 2.75) is 122 Å². The van der Waals surface area contributed by atoms with Crippen LogP contribution < -0.4 is 0 Å². The van der Waals surface area contributed by atoms with Gasteiger partial charge >= 0.3 is 11.9 Å². The van der Waals surface area contributed by atoms with E-state index in [-0.39, 0.29) is 36.0 Å². The molecule has 4 atom stereocenters. The van der Waals surface area contributed by atoms with Gasteiger partial charge in [0.05, 0.1) is 11.8 Å². The maximum absolute atomic E-state index is 13.5. The van der Waals surface area contributed by atoms with Gasteiger partial charge in [-0.05, 0) is 73.6 Å². The van der Waals surface area contributed by atoms with E-state index in [0.717, 1.165) is 16.5 Å². The van der Waals surface area contributed by atoms with Crippen molar-refractivity contribution in [3.63, 3.8) is 0 Å². The van der Waals surface area contributed by atoms with E-state index in [1.807, 2.05) is 67.5 Å². The predicted octanol–water partition coefficient (Wildman–Crippen LogP) is 4.25. The minimum absolute atomic E-state index is 0.0398. The van der Waals surface area contributed by atoms with E-state index in [1.165, 1.54) is 0 Å². The molecule has 4 rings (SSSR count). The van der Waals surface area contributed by atoms with Gasteiger partial charge in [0, 0.05) is 47.8 Å². The van der Waals surface area contributed by atoms with Gasteiger partial charge in [0.2, 0.25) is 0 Å². The summed E-state index contributed by atoms with van der Waals surface area (Å²) in [5.74, 6) is -1.96. The van der Waals surface area contributed by atoms with Crippen molar-refractivity contribution < 1.29 is 29.5 Å². The average Bonchev–Trinajstić information content (AvgIpc) is 3.31. The van der Waals surface area contributed by atoms with Crippen LogP contribution in [0.3, 0.4) is 0 Å². The molecule has 3 fully saturated rings. The van der Waals surface area contributed by atoms with Crippen molar-refractivity contribution in [1.82, 2.24) is 10.1 Å². The quantitative estimate of drug-likeness (QED) is 0.432. The van der Waals surface area contributed by atoms with E-state index >= 15 is 0 Å². The molecule has 35 heavy (non-hydrogen) atoms. The lowest BCUT2D eigenvalue weighted by atomic mass is 9.79. The maximum atomic E-state index is 13.5. The third kappa shape index (κ3) is 4.79. The smallest absolute Gasteiger partial charge is 0.310 e.